The van der Waals surface area contributed by atoms with Crippen LogP contribution in [0.15, 0.2) is 101 Å². The number of carbonyl (C=O) groups excluding carboxylic acids is 1. The van der Waals surface area contributed by atoms with Crippen LogP contribution in [0, 0.1) is 0 Å². The molecule has 1 aromatic heterocycles. The number of allylic oxidation sites excluding steroid dienone is 1. The Morgan fingerprint density at radius 2 is 1.67 bits per heavy atom. The van der Waals surface area contributed by atoms with Crippen molar-refractivity contribution in [1.29, 1.82) is 0 Å². The normalized spacial score (nSPS) is 11.3. The number of nitrogens with zero attached hydrogens (tertiary/aromatic N) is 4. The van der Waals surface area contributed by atoms with Gasteiger partial charge < -0.3 is 0 Å². The average Bonchev–Trinajstić information content (AvgIpc) is 3.28. The molecule has 0 atom stereocenters. The van der Waals surface area contributed by atoms with E-state index in [0.717, 1.165) is 16.8 Å². The van der Waals surface area contributed by atoms with Gasteiger partial charge >= 0.3 is 0 Å². The van der Waals surface area contributed by atoms with Crippen LogP contribution in [0.1, 0.15) is 5.56 Å². The van der Waals surface area contributed by atoms with Crippen LogP contribution in [0.2, 0.25) is 5.02 Å². The highest BCUT2D eigenvalue weighted by atomic mass is 35.5. The van der Waals surface area contributed by atoms with Crippen LogP contribution < -0.4 is 5.43 Å². The molecular weight excluding hydrogens is 454 g/mol. The highest BCUT2D eigenvalue weighted by molar-refractivity contribution is 7.99. The van der Waals surface area contributed by atoms with Crippen LogP contribution in [-0.2, 0) is 4.79 Å². The van der Waals surface area contributed by atoms with Crippen molar-refractivity contribution in [2.24, 2.45) is 5.10 Å². The van der Waals surface area contributed by atoms with Crippen LogP contribution in [0.4, 0.5) is 0 Å². The minimum Gasteiger partial charge on any atom is -0.272 e. The molecule has 0 unspecified atom stereocenters. The highest BCUT2D eigenvalue weighted by Gasteiger charge is 2.17. The molecule has 164 valence electrons. The molecule has 4 aromatic rings. The highest BCUT2D eigenvalue weighted by Crippen LogP contribution is 2.28. The van der Waals surface area contributed by atoms with Crippen LogP contribution in [0.5, 0.6) is 0 Å². The van der Waals surface area contributed by atoms with Gasteiger partial charge in [-0.05, 0) is 35.9 Å². The SMILES string of the molecule is O=C(CSc1nnc(-c2ccccc2)n1-c1ccc(Cl)cc1)NN=CC=Cc1ccccc1. The molecule has 0 spiro atoms. The molecule has 1 N–H and O–H groups in total. The summed E-state index contributed by atoms with van der Waals surface area (Å²) in [6, 6.07) is 27.0. The van der Waals surface area contributed by atoms with Crippen molar-refractivity contribution in [3.63, 3.8) is 0 Å². The van der Waals surface area contributed by atoms with E-state index in [4.69, 9.17) is 11.6 Å². The van der Waals surface area contributed by atoms with Gasteiger partial charge in [0, 0.05) is 22.5 Å². The van der Waals surface area contributed by atoms with E-state index in [-0.39, 0.29) is 11.7 Å². The lowest BCUT2D eigenvalue weighted by Gasteiger charge is -2.10. The molecule has 0 aliphatic carbocycles. The number of nitrogens with one attached hydrogen (secondary N) is 1. The number of hydrogen-bond acceptors (Lipinski definition) is 5. The summed E-state index contributed by atoms with van der Waals surface area (Å²) in [5.41, 5.74) is 5.36. The lowest BCUT2D eigenvalue weighted by molar-refractivity contribution is -0.118. The summed E-state index contributed by atoms with van der Waals surface area (Å²) in [6.45, 7) is 0. The van der Waals surface area contributed by atoms with E-state index in [2.05, 4.69) is 20.7 Å². The topological polar surface area (TPSA) is 72.2 Å². The van der Waals surface area contributed by atoms with E-state index in [9.17, 15) is 4.79 Å². The summed E-state index contributed by atoms with van der Waals surface area (Å²) >= 11 is 7.34. The average molecular weight is 474 g/mol. The number of halogens is 1. The number of hydrazone groups is 1. The Labute approximate surface area is 201 Å². The summed E-state index contributed by atoms with van der Waals surface area (Å²) < 4.78 is 1.91. The Bertz CT molecular complexity index is 1260. The second-order valence-corrected chi connectivity index (χ2v) is 8.23. The van der Waals surface area contributed by atoms with E-state index >= 15 is 0 Å². The monoisotopic (exact) mass is 473 g/mol. The first-order chi connectivity index (χ1) is 16.2. The van der Waals surface area contributed by atoms with Crippen LogP contribution >= 0.6 is 23.4 Å². The van der Waals surface area contributed by atoms with E-state index in [0.29, 0.717) is 16.0 Å². The van der Waals surface area contributed by atoms with Gasteiger partial charge in [-0.1, -0.05) is 90.1 Å². The standard InChI is InChI=1S/C25H20ClN5OS/c26-21-13-15-22(16-14-21)31-24(20-11-5-2-6-12-20)29-30-25(31)33-18-23(32)28-27-17-7-10-19-8-3-1-4-9-19/h1-17H,18H2,(H,28,32). The molecule has 3 aromatic carbocycles. The third kappa shape index (κ3) is 6.19. The van der Waals surface area contributed by atoms with Gasteiger partial charge in [-0.3, -0.25) is 9.36 Å². The smallest absolute Gasteiger partial charge is 0.250 e. The first kappa shape index (κ1) is 22.5. The van der Waals surface area contributed by atoms with E-state index in [1.165, 1.54) is 11.8 Å². The number of aromatic nitrogens is 3. The number of hydrogen-bond donors (Lipinski definition) is 1. The van der Waals surface area contributed by atoms with Gasteiger partial charge in [0.05, 0.1) is 5.75 Å². The minimum absolute atomic E-state index is 0.139. The van der Waals surface area contributed by atoms with Crippen molar-refractivity contribution < 1.29 is 4.79 Å². The third-order valence-electron chi connectivity index (χ3n) is 4.52. The maximum Gasteiger partial charge on any atom is 0.250 e. The second kappa shape index (κ2) is 11.3. The van der Waals surface area contributed by atoms with Gasteiger partial charge in [0.1, 0.15) is 0 Å². The number of rotatable bonds is 8. The van der Waals surface area contributed by atoms with Crippen molar-refractivity contribution in [2.45, 2.75) is 5.16 Å². The van der Waals surface area contributed by atoms with Crippen molar-refractivity contribution in [2.75, 3.05) is 5.75 Å². The minimum atomic E-state index is -0.240. The molecule has 0 saturated carbocycles. The Morgan fingerprint density at radius 1 is 0.970 bits per heavy atom. The Hall–Kier alpha value is -3.68. The Kier molecular flexibility index (Phi) is 7.68. The van der Waals surface area contributed by atoms with Crippen molar-refractivity contribution in [1.82, 2.24) is 20.2 Å². The molecule has 1 amide bonds. The van der Waals surface area contributed by atoms with E-state index in [1.807, 2.05) is 95.6 Å². The van der Waals surface area contributed by atoms with Gasteiger partial charge in [-0.25, -0.2) is 5.43 Å². The Balaban J connectivity index is 1.44. The number of thioether (sulfide) groups is 1. The maximum atomic E-state index is 12.3. The summed E-state index contributed by atoms with van der Waals surface area (Å²) in [5, 5.41) is 13.9. The first-order valence-electron chi connectivity index (χ1n) is 10.1. The van der Waals surface area contributed by atoms with Gasteiger partial charge in [-0.2, -0.15) is 5.10 Å². The predicted molar refractivity (Wildman–Crippen MR) is 135 cm³/mol. The van der Waals surface area contributed by atoms with Gasteiger partial charge in [-0.15, -0.1) is 10.2 Å². The fourth-order valence-corrected chi connectivity index (χ4v) is 3.86. The molecule has 0 saturated heterocycles. The molecular formula is C25H20ClN5OS. The first-order valence-corrected chi connectivity index (χ1v) is 11.5. The fraction of sp³-hybridized carbons (Fsp3) is 0.0400. The molecule has 0 radical (unpaired) electrons. The van der Waals surface area contributed by atoms with Gasteiger partial charge in [0.15, 0.2) is 11.0 Å². The van der Waals surface area contributed by atoms with Crippen LogP contribution in [0.25, 0.3) is 23.2 Å². The zero-order valence-corrected chi connectivity index (χ0v) is 19.1. The third-order valence-corrected chi connectivity index (χ3v) is 5.70. The molecule has 33 heavy (non-hydrogen) atoms. The van der Waals surface area contributed by atoms with Gasteiger partial charge in [0.2, 0.25) is 0 Å². The maximum absolute atomic E-state index is 12.3. The van der Waals surface area contributed by atoms with E-state index < -0.39 is 0 Å². The molecule has 0 bridgehead atoms. The second-order valence-electron chi connectivity index (χ2n) is 6.86. The lowest BCUT2D eigenvalue weighted by Crippen LogP contribution is -2.19. The van der Waals surface area contributed by atoms with E-state index in [1.54, 1.807) is 12.3 Å². The largest absolute Gasteiger partial charge is 0.272 e. The molecule has 0 fully saturated rings. The summed E-state index contributed by atoms with van der Waals surface area (Å²) in [4.78, 5) is 12.3. The molecule has 8 heteroatoms. The van der Waals surface area contributed by atoms with Crippen molar-refractivity contribution >= 4 is 41.6 Å². The van der Waals surface area contributed by atoms with Gasteiger partial charge in [0.25, 0.3) is 5.91 Å². The molecule has 0 aliphatic rings. The Morgan fingerprint density at radius 3 is 2.39 bits per heavy atom. The number of carbonyl (C=O) groups is 1. The summed E-state index contributed by atoms with van der Waals surface area (Å²) in [5.74, 6) is 0.585. The summed E-state index contributed by atoms with van der Waals surface area (Å²) in [7, 11) is 0. The zero-order valence-electron chi connectivity index (χ0n) is 17.5. The van der Waals surface area contributed by atoms with Crippen LogP contribution in [-0.4, -0.2) is 32.6 Å². The van der Waals surface area contributed by atoms with Crippen molar-refractivity contribution in [3.8, 4) is 17.1 Å². The molecule has 1 heterocycles. The van der Waals surface area contributed by atoms with Crippen LogP contribution in [0.3, 0.4) is 0 Å². The lowest BCUT2D eigenvalue weighted by atomic mass is 10.2. The number of benzene rings is 3. The number of amides is 1. The zero-order chi connectivity index (χ0) is 22.9. The predicted octanol–water partition coefficient (Wildman–Crippen LogP) is 5.50. The van der Waals surface area contributed by atoms with Crippen molar-refractivity contribution in [3.05, 3.63) is 102 Å². The quantitative estimate of drug-likeness (QED) is 0.208. The fourth-order valence-electron chi connectivity index (χ4n) is 2.99. The molecule has 6 nitrogen and oxygen atoms in total. The molecule has 4 rings (SSSR count). The summed E-state index contributed by atoms with van der Waals surface area (Å²) in [6.07, 6.45) is 5.22. The molecule has 0 aliphatic heterocycles.